The third-order valence-corrected chi connectivity index (χ3v) is 9.28. The predicted octanol–water partition coefficient (Wildman–Crippen LogP) is 3.20. The van der Waals surface area contributed by atoms with Gasteiger partial charge < -0.3 is 25.5 Å². The van der Waals surface area contributed by atoms with E-state index in [1.807, 2.05) is 11.0 Å². The summed E-state index contributed by atoms with van der Waals surface area (Å²) in [5.41, 5.74) is 6.91. The van der Waals surface area contributed by atoms with Crippen molar-refractivity contribution in [2.24, 2.45) is 23.5 Å². The number of phenols is 1. The molecule has 1 aliphatic heterocycles. The van der Waals surface area contributed by atoms with Crippen molar-refractivity contribution >= 4 is 17.5 Å². The van der Waals surface area contributed by atoms with E-state index in [9.17, 15) is 34.1 Å². The van der Waals surface area contributed by atoms with Gasteiger partial charge in [0, 0.05) is 29.8 Å². The lowest BCUT2D eigenvalue weighted by Gasteiger charge is -2.46. The molecule has 5 N–H and O–H groups in total. The first-order chi connectivity index (χ1) is 20.0. The molecule has 2 heterocycles. The number of aromatic hydroxyl groups is 1. The third kappa shape index (κ3) is 4.33. The van der Waals surface area contributed by atoms with Crippen molar-refractivity contribution in [1.82, 2.24) is 9.80 Å². The van der Waals surface area contributed by atoms with Crippen LogP contribution in [0.5, 0.6) is 5.75 Å². The number of aliphatic hydroxyl groups excluding tert-OH is 2. The van der Waals surface area contributed by atoms with Gasteiger partial charge in [0.2, 0.25) is 0 Å². The van der Waals surface area contributed by atoms with Crippen LogP contribution in [0.2, 0.25) is 0 Å². The monoisotopic (exact) mass is 579 g/mol. The Morgan fingerprint density at radius 2 is 1.93 bits per heavy atom. The smallest absolute Gasteiger partial charge is 0.255 e. The summed E-state index contributed by atoms with van der Waals surface area (Å²) < 4.78 is 20.0. The number of nitrogens with two attached hydrogens (primary N) is 1. The minimum Gasteiger partial charge on any atom is -0.511 e. The fourth-order valence-corrected chi connectivity index (χ4v) is 7.56. The van der Waals surface area contributed by atoms with E-state index in [1.54, 1.807) is 31.3 Å². The number of hydrogen-bond donors (Lipinski definition) is 4. The zero-order valence-corrected chi connectivity index (χ0v) is 23.5. The average molecular weight is 580 g/mol. The number of carbonyl (C=O) groups excluding carboxylic acids is 3. The number of alkyl halides is 1. The van der Waals surface area contributed by atoms with Crippen LogP contribution in [-0.4, -0.2) is 82.0 Å². The summed E-state index contributed by atoms with van der Waals surface area (Å²) in [6, 6.07) is 4.13. The molecule has 1 fully saturated rings. The molecule has 6 rings (SSSR count). The number of phenolic OH excluding ortho intramolecular Hbond substituents is 1. The molecule has 1 aromatic heterocycles. The Balaban J connectivity index is 1.43. The van der Waals surface area contributed by atoms with Crippen molar-refractivity contribution in [1.29, 1.82) is 0 Å². The van der Waals surface area contributed by atoms with Gasteiger partial charge in [-0.1, -0.05) is 0 Å². The van der Waals surface area contributed by atoms with Crippen molar-refractivity contribution in [2.45, 2.75) is 44.4 Å². The van der Waals surface area contributed by atoms with Crippen molar-refractivity contribution in [3.8, 4) is 17.1 Å². The zero-order chi connectivity index (χ0) is 30.0. The van der Waals surface area contributed by atoms with Gasteiger partial charge in [0.25, 0.3) is 5.91 Å². The summed E-state index contributed by atoms with van der Waals surface area (Å²) in [6.45, 7) is 1.56. The molecule has 0 spiro atoms. The first-order valence-corrected chi connectivity index (χ1v) is 14.2. The van der Waals surface area contributed by atoms with Crippen LogP contribution >= 0.6 is 0 Å². The number of aliphatic hydroxyl groups is 2. The van der Waals surface area contributed by atoms with Gasteiger partial charge in [-0.05, 0) is 81.9 Å². The molecule has 1 aromatic carbocycles. The second kappa shape index (κ2) is 10.4. The lowest BCUT2D eigenvalue weighted by Crippen LogP contribution is -2.53. The fraction of sp³-hybridized carbons (Fsp3) is 0.452. The number of likely N-dealkylation sites (tertiary alicyclic amines) is 1. The maximum atomic E-state index is 14.1. The summed E-state index contributed by atoms with van der Waals surface area (Å²) in [4.78, 5) is 43.2. The normalized spacial score (nSPS) is 28.1. The molecule has 42 heavy (non-hydrogen) atoms. The number of Topliss-reactive ketones (excluding diaryl/α,β-unsaturated/α-hetero) is 2. The standard InChI is InChI=1S/C31H34FN3O7/c1-34(2)25-19-11-15-10-18-17(30-14(7-9-42-30)12-35-8-3-4-16(32)13-35)5-6-20(36)22(18)26(37)21(15)27(38)23(19)28(39)24(29(25)40)31(33)41/h5-7,9,15-16,19,23,25,36,38,40H,3-4,8,10-13H2,1-2H3,(H2,33,41)/t15?,16?,19?,23?,25-/m0/s1. The fourth-order valence-electron chi connectivity index (χ4n) is 7.56. The molecular weight excluding hydrogens is 545 g/mol. The highest BCUT2D eigenvalue weighted by Gasteiger charge is 2.54. The Morgan fingerprint density at radius 3 is 2.62 bits per heavy atom. The van der Waals surface area contributed by atoms with Gasteiger partial charge in [0.1, 0.15) is 34.8 Å². The Kier molecular flexibility index (Phi) is 6.97. The van der Waals surface area contributed by atoms with Crippen LogP contribution in [0.25, 0.3) is 11.3 Å². The molecule has 222 valence electrons. The molecule has 1 saturated heterocycles. The van der Waals surface area contributed by atoms with Crippen LogP contribution in [-0.2, 0) is 22.6 Å². The average Bonchev–Trinajstić information content (AvgIpc) is 3.35. The topological polar surface area (TPSA) is 158 Å². The highest BCUT2D eigenvalue weighted by Crippen LogP contribution is 2.51. The highest BCUT2D eigenvalue weighted by molar-refractivity contribution is 6.22. The number of hydrogen-bond acceptors (Lipinski definition) is 9. The van der Waals surface area contributed by atoms with Crippen LogP contribution < -0.4 is 5.73 Å². The van der Waals surface area contributed by atoms with E-state index in [4.69, 9.17) is 10.2 Å². The number of allylic oxidation sites excluding steroid dienone is 2. The number of likely N-dealkylation sites (N-methyl/N-ethyl adjacent to an activating group) is 1. The molecular formula is C31H34FN3O7. The van der Waals surface area contributed by atoms with E-state index in [0.29, 0.717) is 36.4 Å². The number of primary amides is 1. The lowest BCUT2D eigenvalue weighted by atomic mass is 9.60. The Labute approximate surface area is 241 Å². The van der Waals surface area contributed by atoms with E-state index >= 15 is 0 Å². The molecule has 1 amide bonds. The second-order valence-corrected chi connectivity index (χ2v) is 12.0. The van der Waals surface area contributed by atoms with Gasteiger partial charge in [-0.3, -0.25) is 24.2 Å². The number of rotatable bonds is 5. The van der Waals surface area contributed by atoms with Crippen LogP contribution in [0.3, 0.4) is 0 Å². The van der Waals surface area contributed by atoms with Gasteiger partial charge in [-0.25, -0.2) is 4.39 Å². The number of piperidine rings is 1. The zero-order valence-electron chi connectivity index (χ0n) is 23.5. The van der Waals surface area contributed by atoms with Crippen LogP contribution in [0.15, 0.2) is 51.5 Å². The molecule has 0 radical (unpaired) electrons. The number of furan rings is 1. The number of nitrogens with zero attached hydrogens (tertiary/aromatic N) is 2. The molecule has 11 heteroatoms. The summed E-state index contributed by atoms with van der Waals surface area (Å²) in [6.07, 6.45) is 2.49. The lowest BCUT2D eigenvalue weighted by molar-refractivity contribution is -0.127. The summed E-state index contributed by atoms with van der Waals surface area (Å²) >= 11 is 0. The Bertz CT molecular complexity index is 1560. The minimum atomic E-state index is -1.24. The van der Waals surface area contributed by atoms with Gasteiger partial charge in [0.05, 0.1) is 23.8 Å². The number of carbonyl (C=O) groups is 3. The summed E-state index contributed by atoms with van der Waals surface area (Å²) in [5.74, 6) is -5.56. The summed E-state index contributed by atoms with van der Waals surface area (Å²) in [7, 11) is 3.37. The van der Waals surface area contributed by atoms with E-state index in [2.05, 4.69) is 0 Å². The number of halogens is 1. The highest BCUT2D eigenvalue weighted by atomic mass is 19.1. The first-order valence-electron chi connectivity index (χ1n) is 14.2. The van der Waals surface area contributed by atoms with Crippen molar-refractivity contribution in [2.75, 3.05) is 27.2 Å². The number of fused-ring (bicyclic) bond motifs is 3. The van der Waals surface area contributed by atoms with Gasteiger partial charge >= 0.3 is 0 Å². The quantitative estimate of drug-likeness (QED) is 0.391. The molecule has 10 nitrogen and oxygen atoms in total. The Morgan fingerprint density at radius 1 is 1.17 bits per heavy atom. The maximum Gasteiger partial charge on any atom is 0.255 e. The number of benzene rings is 1. The van der Waals surface area contributed by atoms with E-state index in [0.717, 1.165) is 18.5 Å². The summed E-state index contributed by atoms with van der Waals surface area (Å²) in [5, 5.41) is 33.3. The molecule has 3 aliphatic carbocycles. The van der Waals surface area contributed by atoms with Crippen molar-refractivity contribution in [3.05, 3.63) is 63.8 Å². The van der Waals surface area contributed by atoms with E-state index in [-0.39, 0.29) is 29.7 Å². The third-order valence-electron chi connectivity index (χ3n) is 9.28. The molecule has 4 unspecified atom stereocenters. The predicted molar refractivity (Wildman–Crippen MR) is 149 cm³/mol. The van der Waals surface area contributed by atoms with E-state index in [1.165, 1.54) is 6.07 Å². The van der Waals surface area contributed by atoms with Crippen LogP contribution in [0, 0.1) is 17.8 Å². The van der Waals surface area contributed by atoms with Gasteiger partial charge in [-0.15, -0.1) is 0 Å². The molecule has 0 bridgehead atoms. The Hall–Kier alpha value is -3.96. The van der Waals surface area contributed by atoms with Crippen LogP contribution in [0.4, 0.5) is 4.39 Å². The van der Waals surface area contributed by atoms with E-state index < -0.39 is 64.5 Å². The number of ketones is 2. The molecule has 4 aliphatic rings. The SMILES string of the molecule is CN(C)[C@@H]1C(O)=C(C(N)=O)C(=O)C2C(O)=C3C(=O)c4c(O)ccc(-c5occc5CN5CCCC(F)C5)c4CC3CC21. The molecule has 0 saturated carbocycles. The largest absolute Gasteiger partial charge is 0.511 e. The van der Waals surface area contributed by atoms with Crippen molar-refractivity contribution < 1.29 is 38.5 Å². The van der Waals surface area contributed by atoms with Crippen LogP contribution in [0.1, 0.15) is 40.7 Å². The van der Waals surface area contributed by atoms with Gasteiger partial charge in [-0.2, -0.15) is 0 Å². The second-order valence-electron chi connectivity index (χ2n) is 12.0. The van der Waals surface area contributed by atoms with Gasteiger partial charge in [0.15, 0.2) is 11.6 Å². The molecule has 5 atom stereocenters. The minimum absolute atomic E-state index is 0.0221. The first kappa shape index (κ1) is 28.2. The van der Waals surface area contributed by atoms with Crippen molar-refractivity contribution in [3.63, 3.8) is 0 Å². The molecule has 2 aromatic rings. The number of amides is 1. The maximum absolute atomic E-state index is 14.1.